The van der Waals surface area contributed by atoms with Crippen LogP contribution in [0.1, 0.15) is 39.3 Å². The first kappa shape index (κ1) is 23.2. The Morgan fingerprint density at radius 1 is 1.03 bits per heavy atom. The van der Waals surface area contributed by atoms with E-state index in [-0.39, 0.29) is 17.6 Å². The number of carboxylic acids is 1. The van der Waals surface area contributed by atoms with E-state index in [1.807, 2.05) is 42.5 Å². The maximum Gasteiger partial charge on any atom is 0.490 e. The van der Waals surface area contributed by atoms with Crippen molar-refractivity contribution in [3.8, 4) is 22.5 Å². The normalized spacial score (nSPS) is 15.0. The molecular weight excluding hydrogens is 451 g/mol. The number of ketones is 1. The summed E-state index contributed by atoms with van der Waals surface area (Å²) in [5.41, 5.74) is 6.20. The monoisotopic (exact) mass is 471 g/mol. The summed E-state index contributed by atoms with van der Waals surface area (Å²) in [4.78, 5) is 40.9. The molecule has 1 aliphatic carbocycles. The van der Waals surface area contributed by atoms with Crippen LogP contribution >= 0.6 is 0 Å². The molecule has 3 heterocycles. The van der Waals surface area contributed by atoms with Crippen molar-refractivity contribution >= 4 is 17.7 Å². The lowest BCUT2D eigenvalue weighted by atomic mass is 10.0. The van der Waals surface area contributed by atoms with E-state index in [4.69, 9.17) is 9.90 Å². The molecule has 3 N–H and O–H groups in total. The van der Waals surface area contributed by atoms with Crippen LogP contribution in [0.2, 0.25) is 0 Å². The van der Waals surface area contributed by atoms with Gasteiger partial charge in [-0.05, 0) is 31.0 Å². The van der Waals surface area contributed by atoms with Gasteiger partial charge in [0.15, 0.2) is 5.78 Å². The molecule has 7 nitrogen and oxygen atoms in total. The van der Waals surface area contributed by atoms with Gasteiger partial charge >= 0.3 is 12.1 Å². The predicted octanol–water partition coefficient (Wildman–Crippen LogP) is 4.26. The lowest BCUT2D eigenvalue weighted by molar-refractivity contribution is -0.192. The van der Waals surface area contributed by atoms with Crippen LogP contribution in [0.5, 0.6) is 0 Å². The molecule has 0 atom stereocenters. The minimum Gasteiger partial charge on any atom is -0.475 e. The van der Waals surface area contributed by atoms with Gasteiger partial charge in [0, 0.05) is 53.2 Å². The topological polar surface area (TPSA) is 112 Å². The molecule has 1 aromatic carbocycles. The fourth-order valence-corrected chi connectivity index (χ4v) is 3.59. The Labute approximate surface area is 192 Å². The number of carboxylic acid groups (broad SMARTS) is 1. The highest BCUT2D eigenvalue weighted by atomic mass is 19.4. The van der Waals surface area contributed by atoms with Crippen molar-refractivity contribution in [3.05, 3.63) is 65.5 Å². The number of rotatable bonds is 4. The molecule has 2 aromatic heterocycles. The van der Waals surface area contributed by atoms with E-state index >= 15 is 0 Å². The van der Waals surface area contributed by atoms with E-state index in [9.17, 15) is 22.8 Å². The summed E-state index contributed by atoms with van der Waals surface area (Å²) >= 11 is 0. The number of carbonyl (C=O) groups is 3. The fraction of sp³-hybridized carbons (Fsp3) is 0.250. The number of fused-ring (bicyclic) bond motifs is 1. The fourth-order valence-electron chi connectivity index (χ4n) is 3.59. The third-order valence-corrected chi connectivity index (χ3v) is 5.53. The minimum absolute atomic E-state index is 0.0241. The third kappa shape index (κ3) is 5.16. The van der Waals surface area contributed by atoms with Crippen molar-refractivity contribution in [2.75, 3.05) is 6.54 Å². The molecule has 1 amide bonds. The molecule has 0 saturated heterocycles. The van der Waals surface area contributed by atoms with Gasteiger partial charge in [0.2, 0.25) is 0 Å². The molecule has 5 rings (SSSR count). The molecule has 2 aliphatic rings. The second-order valence-electron chi connectivity index (χ2n) is 8.03. The van der Waals surface area contributed by atoms with Gasteiger partial charge in [-0.25, -0.2) is 4.79 Å². The van der Waals surface area contributed by atoms with Gasteiger partial charge in [-0.15, -0.1) is 0 Å². The second kappa shape index (κ2) is 9.12. The third-order valence-electron chi connectivity index (χ3n) is 5.53. The molecule has 10 heteroatoms. The number of aliphatic carboxylic acids is 1. The lowest BCUT2D eigenvalue weighted by Crippen LogP contribution is -2.31. The number of alkyl halides is 3. The number of aromatic amines is 1. The lowest BCUT2D eigenvalue weighted by Gasteiger charge is -2.11. The molecule has 1 aliphatic heterocycles. The van der Waals surface area contributed by atoms with Crippen molar-refractivity contribution < 1.29 is 32.7 Å². The van der Waals surface area contributed by atoms with Crippen molar-refractivity contribution in [1.29, 1.82) is 0 Å². The molecule has 0 unspecified atom stereocenters. The number of hydrogen-bond acceptors (Lipinski definition) is 4. The van der Waals surface area contributed by atoms with Crippen molar-refractivity contribution in [2.24, 2.45) is 5.92 Å². The van der Waals surface area contributed by atoms with Gasteiger partial charge in [-0.3, -0.25) is 14.6 Å². The summed E-state index contributed by atoms with van der Waals surface area (Å²) in [6.07, 6.45) is -0.464. The van der Waals surface area contributed by atoms with Gasteiger partial charge in [0.05, 0.1) is 11.3 Å². The van der Waals surface area contributed by atoms with Crippen LogP contribution in [0, 0.1) is 5.92 Å². The van der Waals surface area contributed by atoms with Crippen molar-refractivity contribution in [2.45, 2.75) is 25.4 Å². The Hall–Kier alpha value is -3.95. The summed E-state index contributed by atoms with van der Waals surface area (Å²) in [5.74, 6) is -2.30. The zero-order chi connectivity index (χ0) is 24.5. The highest BCUT2D eigenvalue weighted by molar-refractivity contribution is 5.99. The standard InChI is InChI=1S/C22H19N3O2.C2HF3O2/c26-21(15-5-6-15)14-3-1-13(2-4-14)19-11-16(7-9-23-19)20-12-17-18(25-20)8-10-24-22(17)27;3-2(4,5)1(6)7/h1-4,7,9,11-12,15,25H,5-6,8,10H2,(H,24,27);(H,6,7). The molecule has 1 saturated carbocycles. The average molecular weight is 471 g/mol. The minimum atomic E-state index is -5.08. The van der Waals surface area contributed by atoms with Gasteiger partial charge in [0.25, 0.3) is 5.91 Å². The molecule has 1 fully saturated rings. The number of Topliss-reactive ketones (excluding diaryl/α,β-unsaturated/α-hetero) is 1. The highest BCUT2D eigenvalue weighted by Crippen LogP contribution is 2.33. The SMILES string of the molecule is O=C(O)C(F)(F)F.O=C1NCCc2[nH]c(-c3ccnc(-c4ccc(C(=O)C5CC5)cc4)c3)cc21. The van der Waals surface area contributed by atoms with Crippen LogP contribution in [0.25, 0.3) is 22.5 Å². The summed E-state index contributed by atoms with van der Waals surface area (Å²) in [6.45, 7) is 0.666. The quantitative estimate of drug-likeness (QED) is 0.493. The van der Waals surface area contributed by atoms with Crippen LogP contribution < -0.4 is 5.32 Å². The summed E-state index contributed by atoms with van der Waals surface area (Å²) in [6, 6.07) is 13.5. The summed E-state index contributed by atoms with van der Waals surface area (Å²) in [7, 11) is 0. The van der Waals surface area contributed by atoms with Crippen LogP contribution in [0.4, 0.5) is 13.2 Å². The number of hydrogen-bond donors (Lipinski definition) is 3. The number of H-pyrrole nitrogens is 1. The first-order chi connectivity index (χ1) is 16.1. The number of amides is 1. The van der Waals surface area contributed by atoms with E-state index in [0.29, 0.717) is 6.54 Å². The average Bonchev–Trinajstić information content (AvgIpc) is 3.57. The zero-order valence-corrected chi connectivity index (χ0v) is 17.8. The van der Waals surface area contributed by atoms with E-state index < -0.39 is 12.1 Å². The highest BCUT2D eigenvalue weighted by Gasteiger charge is 2.38. The second-order valence-corrected chi connectivity index (χ2v) is 8.03. The molecule has 3 aromatic rings. The molecule has 0 radical (unpaired) electrons. The maximum atomic E-state index is 12.2. The zero-order valence-electron chi connectivity index (χ0n) is 17.8. The number of nitrogens with zero attached hydrogens (tertiary/aromatic N) is 1. The number of nitrogens with one attached hydrogen (secondary N) is 2. The summed E-state index contributed by atoms with van der Waals surface area (Å²) < 4.78 is 31.7. The van der Waals surface area contributed by atoms with Crippen LogP contribution in [-0.4, -0.2) is 45.5 Å². The Balaban J connectivity index is 0.000000344. The molecular formula is C24H20F3N3O4. The molecule has 176 valence electrons. The Morgan fingerprint density at radius 3 is 2.29 bits per heavy atom. The first-order valence-electron chi connectivity index (χ1n) is 10.5. The number of pyridine rings is 1. The smallest absolute Gasteiger partial charge is 0.475 e. The summed E-state index contributed by atoms with van der Waals surface area (Å²) in [5, 5.41) is 9.99. The molecule has 34 heavy (non-hydrogen) atoms. The van der Waals surface area contributed by atoms with E-state index in [1.54, 1.807) is 6.20 Å². The van der Waals surface area contributed by atoms with E-state index in [2.05, 4.69) is 15.3 Å². The maximum absolute atomic E-state index is 12.2. The largest absolute Gasteiger partial charge is 0.490 e. The van der Waals surface area contributed by atoms with E-state index in [1.165, 1.54) is 0 Å². The Bertz CT molecular complexity index is 1250. The number of aromatic nitrogens is 2. The van der Waals surface area contributed by atoms with Gasteiger partial charge in [0.1, 0.15) is 0 Å². The number of benzene rings is 1. The molecule has 0 bridgehead atoms. The molecule has 0 spiro atoms. The van der Waals surface area contributed by atoms with Crippen LogP contribution in [0.15, 0.2) is 48.7 Å². The Morgan fingerprint density at radius 2 is 1.71 bits per heavy atom. The first-order valence-corrected chi connectivity index (χ1v) is 10.5. The van der Waals surface area contributed by atoms with Crippen molar-refractivity contribution in [3.63, 3.8) is 0 Å². The number of carbonyl (C=O) groups excluding carboxylic acids is 2. The van der Waals surface area contributed by atoms with E-state index in [0.717, 1.165) is 58.6 Å². The van der Waals surface area contributed by atoms with Crippen LogP contribution in [0.3, 0.4) is 0 Å². The Kier molecular flexibility index (Phi) is 6.23. The van der Waals surface area contributed by atoms with Gasteiger partial charge in [-0.1, -0.05) is 24.3 Å². The predicted molar refractivity (Wildman–Crippen MR) is 116 cm³/mol. The van der Waals surface area contributed by atoms with Crippen molar-refractivity contribution in [1.82, 2.24) is 15.3 Å². The number of halogens is 3. The van der Waals surface area contributed by atoms with Gasteiger partial charge < -0.3 is 15.4 Å². The van der Waals surface area contributed by atoms with Gasteiger partial charge in [-0.2, -0.15) is 13.2 Å². The van der Waals surface area contributed by atoms with Crippen LogP contribution in [-0.2, 0) is 11.2 Å².